The van der Waals surface area contributed by atoms with Crippen molar-refractivity contribution in [1.82, 2.24) is 0 Å². The molecular formula is C11H14ClF3N2O. The molecule has 0 atom stereocenters. The third-order valence-electron chi connectivity index (χ3n) is 2.35. The van der Waals surface area contributed by atoms with Gasteiger partial charge in [-0.3, -0.25) is 0 Å². The summed E-state index contributed by atoms with van der Waals surface area (Å²) in [5.41, 5.74) is 6.34. The summed E-state index contributed by atoms with van der Waals surface area (Å²) in [4.78, 5) is 1.02. The second-order valence-corrected chi connectivity index (χ2v) is 4.17. The molecule has 1 aromatic carbocycles. The molecule has 0 aliphatic carbocycles. The minimum atomic E-state index is -4.36. The molecule has 0 amide bonds. The minimum Gasteiger partial charge on any atom is -0.395 e. The van der Waals surface area contributed by atoms with E-state index in [1.165, 1.54) is 6.07 Å². The molecule has 0 saturated heterocycles. The Labute approximate surface area is 108 Å². The molecule has 3 N–H and O–H groups in total. The molecule has 3 nitrogen and oxygen atoms in total. The highest BCUT2D eigenvalue weighted by molar-refractivity contribution is 6.30. The Balaban J connectivity index is 3.07. The van der Waals surface area contributed by atoms with Gasteiger partial charge in [-0.15, -0.1) is 0 Å². The number of nitrogens with two attached hydrogens (primary N) is 1. The Morgan fingerprint density at radius 2 is 2.00 bits per heavy atom. The monoisotopic (exact) mass is 282 g/mol. The number of benzene rings is 1. The average molecular weight is 283 g/mol. The van der Waals surface area contributed by atoms with Crippen LogP contribution in [0.3, 0.4) is 0 Å². The van der Waals surface area contributed by atoms with Crippen LogP contribution in [-0.2, 0) is 6.54 Å². The molecule has 0 heterocycles. The van der Waals surface area contributed by atoms with Gasteiger partial charge in [-0.05, 0) is 17.7 Å². The van der Waals surface area contributed by atoms with Crippen molar-refractivity contribution in [3.63, 3.8) is 0 Å². The largest absolute Gasteiger partial charge is 0.405 e. The first-order chi connectivity index (χ1) is 8.37. The Bertz CT molecular complexity index is 398. The van der Waals surface area contributed by atoms with E-state index >= 15 is 0 Å². The summed E-state index contributed by atoms with van der Waals surface area (Å²) in [6, 6.07) is 4.57. The van der Waals surface area contributed by atoms with Crippen LogP contribution >= 0.6 is 11.6 Å². The highest BCUT2D eigenvalue weighted by Crippen LogP contribution is 2.27. The molecule has 0 aliphatic rings. The maximum Gasteiger partial charge on any atom is 0.405 e. The van der Waals surface area contributed by atoms with Crippen LogP contribution in [0.4, 0.5) is 18.9 Å². The molecule has 0 radical (unpaired) electrons. The molecule has 0 fully saturated rings. The second-order valence-electron chi connectivity index (χ2n) is 3.74. The van der Waals surface area contributed by atoms with Gasteiger partial charge in [0.05, 0.1) is 6.61 Å². The lowest BCUT2D eigenvalue weighted by atomic mass is 10.1. The number of hydrogen-bond donors (Lipinski definition) is 2. The molecule has 102 valence electrons. The zero-order valence-corrected chi connectivity index (χ0v) is 10.3. The van der Waals surface area contributed by atoms with Crippen molar-refractivity contribution < 1.29 is 18.3 Å². The van der Waals surface area contributed by atoms with Gasteiger partial charge in [0.15, 0.2) is 0 Å². The van der Waals surface area contributed by atoms with Crippen LogP contribution < -0.4 is 10.6 Å². The van der Waals surface area contributed by atoms with E-state index in [0.29, 0.717) is 16.3 Å². The van der Waals surface area contributed by atoms with E-state index in [1.54, 1.807) is 12.1 Å². The maximum absolute atomic E-state index is 12.5. The van der Waals surface area contributed by atoms with Crippen molar-refractivity contribution >= 4 is 17.3 Å². The van der Waals surface area contributed by atoms with Gasteiger partial charge >= 0.3 is 6.18 Å². The summed E-state index contributed by atoms with van der Waals surface area (Å²) in [5.74, 6) is 0. The SMILES string of the molecule is NCc1ccc(Cl)cc1N(CCO)CC(F)(F)F. The normalized spacial score (nSPS) is 11.7. The predicted molar refractivity (Wildman–Crippen MR) is 64.7 cm³/mol. The zero-order chi connectivity index (χ0) is 13.8. The number of alkyl halides is 3. The van der Waals surface area contributed by atoms with Gasteiger partial charge in [-0.1, -0.05) is 17.7 Å². The molecule has 7 heteroatoms. The van der Waals surface area contributed by atoms with Crippen LogP contribution in [0.2, 0.25) is 5.02 Å². The van der Waals surface area contributed by atoms with Crippen LogP contribution in [0.15, 0.2) is 18.2 Å². The van der Waals surface area contributed by atoms with Crippen molar-refractivity contribution in [3.8, 4) is 0 Å². The van der Waals surface area contributed by atoms with Gasteiger partial charge in [0.1, 0.15) is 6.54 Å². The quantitative estimate of drug-likeness (QED) is 0.870. The summed E-state index contributed by atoms with van der Waals surface area (Å²) in [5, 5.41) is 9.18. The lowest BCUT2D eigenvalue weighted by Gasteiger charge is -2.27. The van der Waals surface area contributed by atoms with E-state index in [2.05, 4.69) is 0 Å². The molecule has 1 aromatic rings. The van der Waals surface area contributed by atoms with Crippen LogP contribution in [0.5, 0.6) is 0 Å². The van der Waals surface area contributed by atoms with E-state index in [9.17, 15) is 13.2 Å². The molecule has 0 saturated carbocycles. The van der Waals surface area contributed by atoms with Gasteiger partial charge < -0.3 is 15.7 Å². The molecule has 0 aromatic heterocycles. The molecular weight excluding hydrogens is 269 g/mol. The topological polar surface area (TPSA) is 49.5 Å². The fourth-order valence-corrected chi connectivity index (χ4v) is 1.79. The van der Waals surface area contributed by atoms with Crippen molar-refractivity contribution in [3.05, 3.63) is 28.8 Å². The van der Waals surface area contributed by atoms with E-state index in [1.807, 2.05) is 0 Å². The first kappa shape index (κ1) is 15.1. The second kappa shape index (κ2) is 6.26. The fraction of sp³-hybridized carbons (Fsp3) is 0.455. The van der Waals surface area contributed by atoms with E-state index in [0.717, 1.165) is 4.90 Å². The van der Waals surface area contributed by atoms with Gasteiger partial charge in [0.2, 0.25) is 0 Å². The summed E-state index contributed by atoms with van der Waals surface area (Å²) in [7, 11) is 0. The molecule has 18 heavy (non-hydrogen) atoms. The first-order valence-electron chi connectivity index (χ1n) is 5.28. The van der Waals surface area contributed by atoms with E-state index < -0.39 is 12.7 Å². The first-order valence-corrected chi connectivity index (χ1v) is 5.66. The number of rotatable bonds is 5. The van der Waals surface area contributed by atoms with Crippen molar-refractivity contribution in [2.75, 3.05) is 24.6 Å². The fourth-order valence-electron chi connectivity index (χ4n) is 1.63. The molecule has 0 bridgehead atoms. The van der Waals surface area contributed by atoms with Crippen molar-refractivity contribution in [2.45, 2.75) is 12.7 Å². The van der Waals surface area contributed by atoms with Gasteiger partial charge in [-0.2, -0.15) is 13.2 Å². The van der Waals surface area contributed by atoms with Crippen LogP contribution in [0.1, 0.15) is 5.56 Å². The van der Waals surface area contributed by atoms with Crippen LogP contribution in [-0.4, -0.2) is 31.0 Å². The average Bonchev–Trinajstić information content (AvgIpc) is 2.26. The molecule has 0 aliphatic heterocycles. The number of aliphatic hydroxyl groups is 1. The smallest absolute Gasteiger partial charge is 0.395 e. The Morgan fingerprint density at radius 3 is 2.50 bits per heavy atom. The standard InChI is InChI=1S/C11H14ClF3N2O/c12-9-2-1-8(6-16)10(5-9)17(3-4-18)7-11(13,14)15/h1-2,5,18H,3-4,6-7,16H2. The number of hydrogen-bond acceptors (Lipinski definition) is 3. The van der Waals surface area contributed by atoms with Gasteiger partial charge in [0.25, 0.3) is 0 Å². The lowest BCUT2D eigenvalue weighted by molar-refractivity contribution is -0.119. The lowest BCUT2D eigenvalue weighted by Crippen LogP contribution is -2.37. The maximum atomic E-state index is 12.5. The highest BCUT2D eigenvalue weighted by Gasteiger charge is 2.31. The van der Waals surface area contributed by atoms with Crippen LogP contribution in [0.25, 0.3) is 0 Å². The summed E-state index contributed by atoms with van der Waals surface area (Å²) < 4.78 is 37.4. The highest BCUT2D eigenvalue weighted by atomic mass is 35.5. The van der Waals surface area contributed by atoms with E-state index in [4.69, 9.17) is 22.4 Å². The molecule has 1 rings (SSSR count). The Morgan fingerprint density at radius 1 is 1.33 bits per heavy atom. The predicted octanol–water partition coefficient (Wildman–Crippen LogP) is 2.16. The van der Waals surface area contributed by atoms with E-state index in [-0.39, 0.29) is 19.7 Å². The summed E-state index contributed by atoms with van der Waals surface area (Å²) in [6.07, 6.45) is -4.36. The van der Waals surface area contributed by atoms with Crippen molar-refractivity contribution in [2.24, 2.45) is 5.73 Å². The zero-order valence-electron chi connectivity index (χ0n) is 9.54. The third-order valence-corrected chi connectivity index (χ3v) is 2.58. The van der Waals surface area contributed by atoms with Gasteiger partial charge in [-0.25, -0.2) is 0 Å². The Kier molecular flexibility index (Phi) is 5.25. The number of nitrogens with zero attached hydrogens (tertiary/aromatic N) is 1. The Hall–Kier alpha value is -0.980. The third kappa shape index (κ3) is 4.36. The van der Waals surface area contributed by atoms with Gasteiger partial charge in [0, 0.05) is 23.8 Å². The molecule has 0 spiro atoms. The molecule has 0 unspecified atom stereocenters. The van der Waals surface area contributed by atoms with Crippen molar-refractivity contribution in [1.29, 1.82) is 0 Å². The van der Waals surface area contributed by atoms with Crippen LogP contribution in [0, 0.1) is 0 Å². The number of aliphatic hydroxyl groups excluding tert-OH is 1. The number of halogens is 4. The number of anilines is 1. The summed E-state index contributed by atoms with van der Waals surface area (Å²) in [6.45, 7) is -1.56. The summed E-state index contributed by atoms with van der Waals surface area (Å²) >= 11 is 5.78. The minimum absolute atomic E-state index is 0.103.